The second-order valence-corrected chi connectivity index (χ2v) is 7.24. The Kier molecular flexibility index (Phi) is 2.93. The summed E-state index contributed by atoms with van der Waals surface area (Å²) >= 11 is 0. The summed E-state index contributed by atoms with van der Waals surface area (Å²) in [6, 6.07) is 24.9. The molecule has 0 atom stereocenters. The van der Waals surface area contributed by atoms with E-state index < -0.39 is 0 Å². The van der Waals surface area contributed by atoms with Gasteiger partial charge in [0.25, 0.3) is 0 Å². The van der Waals surface area contributed by atoms with E-state index in [0.29, 0.717) is 0 Å². The highest BCUT2D eigenvalue weighted by Crippen LogP contribution is 2.41. The molecular formula is C25H20. The molecule has 120 valence electrons. The third kappa shape index (κ3) is 2.01. The van der Waals surface area contributed by atoms with Gasteiger partial charge in [-0.1, -0.05) is 72.3 Å². The molecule has 0 saturated heterocycles. The maximum Gasteiger partial charge on any atom is -0.00203 e. The van der Waals surface area contributed by atoms with E-state index in [1.165, 1.54) is 60.1 Å². The first-order valence-electron chi connectivity index (χ1n) is 8.88. The largest absolute Gasteiger partial charge is 0.0587 e. The maximum atomic E-state index is 2.35. The first kappa shape index (κ1) is 14.5. The molecule has 0 aliphatic carbocycles. The molecule has 0 spiro atoms. The van der Waals surface area contributed by atoms with Gasteiger partial charge in [-0.05, 0) is 75.3 Å². The van der Waals surface area contributed by atoms with Crippen LogP contribution >= 0.6 is 0 Å². The van der Waals surface area contributed by atoms with Crippen LogP contribution in [0.1, 0.15) is 16.7 Å². The quantitative estimate of drug-likeness (QED) is 0.287. The maximum absolute atomic E-state index is 2.35. The van der Waals surface area contributed by atoms with Crippen molar-refractivity contribution >= 4 is 32.3 Å². The molecule has 0 radical (unpaired) electrons. The fourth-order valence-corrected chi connectivity index (χ4v) is 4.27. The molecule has 5 aromatic carbocycles. The van der Waals surface area contributed by atoms with Crippen molar-refractivity contribution in [3.05, 3.63) is 83.4 Å². The van der Waals surface area contributed by atoms with Gasteiger partial charge in [0.1, 0.15) is 0 Å². The van der Waals surface area contributed by atoms with Gasteiger partial charge in [0.15, 0.2) is 0 Å². The zero-order valence-electron chi connectivity index (χ0n) is 14.9. The number of rotatable bonds is 1. The summed E-state index contributed by atoms with van der Waals surface area (Å²) in [5.41, 5.74) is 6.65. The van der Waals surface area contributed by atoms with Gasteiger partial charge < -0.3 is 0 Å². The van der Waals surface area contributed by atoms with Crippen LogP contribution in [0.15, 0.2) is 66.7 Å². The highest BCUT2D eigenvalue weighted by Gasteiger charge is 2.15. The van der Waals surface area contributed by atoms with E-state index in [1.807, 2.05) is 0 Å². The molecular weight excluding hydrogens is 300 g/mol. The summed E-state index contributed by atoms with van der Waals surface area (Å²) in [6.45, 7) is 6.58. The summed E-state index contributed by atoms with van der Waals surface area (Å²) < 4.78 is 0. The summed E-state index contributed by atoms with van der Waals surface area (Å²) in [7, 11) is 0. The minimum Gasteiger partial charge on any atom is -0.0587 e. The lowest BCUT2D eigenvalue weighted by molar-refractivity contribution is 1.45. The van der Waals surface area contributed by atoms with Crippen LogP contribution in [0, 0.1) is 20.8 Å². The lowest BCUT2D eigenvalue weighted by atomic mass is 9.86. The normalized spacial score (nSPS) is 11.8. The van der Waals surface area contributed by atoms with E-state index in [2.05, 4.69) is 87.5 Å². The van der Waals surface area contributed by atoms with Crippen molar-refractivity contribution in [2.24, 2.45) is 0 Å². The standard InChI is InChI=1S/C25H20/c1-15-4-7-18(8-5-15)23-17(3)14-20-11-10-19-9-6-16(2)21-12-13-22(23)25(20)24(19)21/h4-14H,1-3H3. The van der Waals surface area contributed by atoms with Crippen LogP contribution in [0.4, 0.5) is 0 Å². The number of hydrogen-bond acceptors (Lipinski definition) is 0. The van der Waals surface area contributed by atoms with Crippen molar-refractivity contribution in [3.8, 4) is 11.1 Å². The first-order valence-corrected chi connectivity index (χ1v) is 8.88. The van der Waals surface area contributed by atoms with Gasteiger partial charge in [0, 0.05) is 0 Å². The van der Waals surface area contributed by atoms with E-state index in [0.717, 1.165) is 0 Å². The average Bonchev–Trinajstić information content (AvgIpc) is 2.62. The molecule has 5 rings (SSSR count). The molecule has 0 unspecified atom stereocenters. The average molecular weight is 320 g/mol. The van der Waals surface area contributed by atoms with Crippen molar-refractivity contribution in [2.75, 3.05) is 0 Å². The van der Waals surface area contributed by atoms with Crippen LogP contribution in [0.5, 0.6) is 0 Å². The van der Waals surface area contributed by atoms with E-state index in [1.54, 1.807) is 0 Å². The minimum atomic E-state index is 1.30. The van der Waals surface area contributed by atoms with Crippen LogP contribution < -0.4 is 0 Å². The summed E-state index contributed by atoms with van der Waals surface area (Å²) in [4.78, 5) is 0. The summed E-state index contributed by atoms with van der Waals surface area (Å²) in [5, 5.41) is 8.21. The molecule has 25 heavy (non-hydrogen) atoms. The van der Waals surface area contributed by atoms with E-state index in [-0.39, 0.29) is 0 Å². The lowest BCUT2D eigenvalue weighted by Crippen LogP contribution is -1.91. The van der Waals surface area contributed by atoms with Gasteiger partial charge >= 0.3 is 0 Å². The SMILES string of the molecule is Cc1ccc(-c2c(C)cc3ccc4ccc(C)c5ccc2c3c45)cc1. The van der Waals surface area contributed by atoms with Crippen LogP contribution in [0.2, 0.25) is 0 Å². The molecule has 0 heterocycles. The fraction of sp³-hybridized carbons (Fsp3) is 0.120. The van der Waals surface area contributed by atoms with Gasteiger partial charge in [0.05, 0.1) is 0 Å². The predicted octanol–water partition coefficient (Wildman–Crippen LogP) is 7.18. The molecule has 0 fully saturated rings. The van der Waals surface area contributed by atoms with Crippen LogP contribution in [-0.2, 0) is 0 Å². The molecule has 5 aromatic rings. The zero-order chi connectivity index (χ0) is 17.1. The number of hydrogen-bond donors (Lipinski definition) is 0. The fourth-order valence-electron chi connectivity index (χ4n) is 4.27. The van der Waals surface area contributed by atoms with Crippen molar-refractivity contribution in [1.82, 2.24) is 0 Å². The van der Waals surface area contributed by atoms with Crippen molar-refractivity contribution in [1.29, 1.82) is 0 Å². The summed E-state index contributed by atoms with van der Waals surface area (Å²) in [6.07, 6.45) is 0. The molecule has 0 aliphatic heterocycles. The topological polar surface area (TPSA) is 0 Å². The Morgan fingerprint density at radius 2 is 1.16 bits per heavy atom. The van der Waals surface area contributed by atoms with Gasteiger partial charge in [-0.25, -0.2) is 0 Å². The van der Waals surface area contributed by atoms with Crippen molar-refractivity contribution in [3.63, 3.8) is 0 Å². The Labute approximate surface area is 148 Å². The molecule has 0 aliphatic rings. The molecule has 0 nitrogen and oxygen atoms in total. The zero-order valence-corrected chi connectivity index (χ0v) is 14.9. The number of aryl methyl sites for hydroxylation is 3. The molecule has 0 aromatic heterocycles. The Morgan fingerprint density at radius 1 is 0.520 bits per heavy atom. The first-order chi connectivity index (χ1) is 12.1. The molecule has 0 bridgehead atoms. The highest BCUT2D eigenvalue weighted by molar-refractivity contribution is 6.26. The minimum absolute atomic E-state index is 1.30. The Morgan fingerprint density at radius 3 is 1.96 bits per heavy atom. The van der Waals surface area contributed by atoms with Crippen molar-refractivity contribution in [2.45, 2.75) is 20.8 Å². The van der Waals surface area contributed by atoms with E-state index >= 15 is 0 Å². The van der Waals surface area contributed by atoms with E-state index in [4.69, 9.17) is 0 Å². The second-order valence-electron chi connectivity index (χ2n) is 7.24. The Hall–Kier alpha value is -2.86. The monoisotopic (exact) mass is 320 g/mol. The van der Waals surface area contributed by atoms with Gasteiger partial charge in [0.2, 0.25) is 0 Å². The van der Waals surface area contributed by atoms with Crippen LogP contribution in [0.3, 0.4) is 0 Å². The third-order valence-corrected chi connectivity index (χ3v) is 5.54. The smallest absolute Gasteiger partial charge is 0.00203 e. The van der Waals surface area contributed by atoms with Crippen LogP contribution in [-0.4, -0.2) is 0 Å². The highest BCUT2D eigenvalue weighted by atomic mass is 14.2. The van der Waals surface area contributed by atoms with E-state index in [9.17, 15) is 0 Å². The lowest BCUT2D eigenvalue weighted by Gasteiger charge is -2.17. The molecule has 0 heteroatoms. The number of benzene rings is 5. The Balaban J connectivity index is 2.01. The molecule has 0 N–H and O–H groups in total. The van der Waals surface area contributed by atoms with Crippen molar-refractivity contribution < 1.29 is 0 Å². The van der Waals surface area contributed by atoms with Gasteiger partial charge in [-0.15, -0.1) is 0 Å². The third-order valence-electron chi connectivity index (χ3n) is 5.54. The van der Waals surface area contributed by atoms with Gasteiger partial charge in [-0.2, -0.15) is 0 Å². The molecule has 0 saturated carbocycles. The predicted molar refractivity (Wildman–Crippen MR) is 110 cm³/mol. The van der Waals surface area contributed by atoms with Crippen LogP contribution in [0.25, 0.3) is 43.4 Å². The second kappa shape index (κ2) is 5.07. The summed E-state index contributed by atoms with van der Waals surface area (Å²) in [5.74, 6) is 0. The Bertz CT molecular complexity index is 1240. The van der Waals surface area contributed by atoms with Gasteiger partial charge in [-0.3, -0.25) is 0 Å². The molecule has 0 amide bonds.